The lowest BCUT2D eigenvalue weighted by Crippen LogP contribution is -2.38. The van der Waals surface area contributed by atoms with E-state index in [0.717, 1.165) is 12.2 Å². The zero-order valence-corrected chi connectivity index (χ0v) is 27.7. The quantitative estimate of drug-likeness (QED) is 0.272. The van der Waals surface area contributed by atoms with Crippen LogP contribution in [0.15, 0.2) is 118 Å². The van der Waals surface area contributed by atoms with Crippen LogP contribution in [0.2, 0.25) is 0 Å². The molecule has 1 heteroatoms. The highest BCUT2D eigenvalue weighted by Gasteiger charge is 2.47. The Morgan fingerprint density at radius 2 is 1.27 bits per heavy atom. The maximum Gasteiger partial charge on any atom is 0.128 e. The van der Waals surface area contributed by atoms with Gasteiger partial charge >= 0.3 is 0 Å². The van der Waals surface area contributed by atoms with Gasteiger partial charge < -0.3 is 4.74 Å². The second-order valence-electron chi connectivity index (χ2n) is 14.1. The molecule has 0 N–H and O–H groups in total. The van der Waals surface area contributed by atoms with E-state index in [2.05, 4.69) is 148 Å². The van der Waals surface area contributed by atoms with Gasteiger partial charge in [0.1, 0.15) is 11.4 Å². The highest BCUT2D eigenvalue weighted by molar-refractivity contribution is 5.43. The fourth-order valence-corrected chi connectivity index (χ4v) is 6.69. The number of rotatable bonds is 8. The Hall–Kier alpha value is -2.80. The molecule has 41 heavy (non-hydrogen) atoms. The molecule has 2 fully saturated rings. The fraction of sp³-hybridized carbons (Fsp3) is 0.500. The van der Waals surface area contributed by atoms with Gasteiger partial charge in [0.25, 0.3) is 0 Å². The Bertz CT molecular complexity index is 1260. The molecule has 0 aromatic rings. The molecule has 1 heterocycles. The first-order chi connectivity index (χ1) is 19.2. The van der Waals surface area contributed by atoms with E-state index in [4.69, 9.17) is 4.74 Å². The van der Waals surface area contributed by atoms with Crippen molar-refractivity contribution in [3.63, 3.8) is 0 Å². The molecule has 2 atom stereocenters. The molecular weight excluding hydrogens is 496 g/mol. The Labute approximate surface area is 252 Å². The maximum absolute atomic E-state index is 6.48. The Balaban J connectivity index is 1.53. The third-order valence-electron chi connectivity index (χ3n) is 9.28. The third kappa shape index (κ3) is 9.09. The highest BCUT2D eigenvalue weighted by atomic mass is 16.5. The van der Waals surface area contributed by atoms with Crippen LogP contribution in [-0.2, 0) is 4.74 Å². The summed E-state index contributed by atoms with van der Waals surface area (Å²) in [5.74, 6) is 1.72. The van der Waals surface area contributed by atoms with Gasteiger partial charge in [-0.25, -0.2) is 0 Å². The minimum atomic E-state index is -0.131. The summed E-state index contributed by atoms with van der Waals surface area (Å²) in [6, 6.07) is 0. The summed E-state index contributed by atoms with van der Waals surface area (Å²) in [7, 11) is 0. The molecule has 0 amide bonds. The predicted octanol–water partition coefficient (Wildman–Crippen LogP) is 12.0. The van der Waals surface area contributed by atoms with Gasteiger partial charge in [0.05, 0.1) is 0 Å². The standard InChI is InChI=1S/C40H56O/c1-30(19-13-20-32(3)24-25-35-33(4)23-15-26-38(35,6)7)17-11-12-18-31(2)21-14-22-34(5)36-29-37-39(8,9)27-16-28-40(37,10)41-36/h11-14,17-22,24-25,29,33H,15-16,23,26-28H2,1-10H3/b17-11+,18-12+,20-13+,22-14+,30-19+,31-21+,32-24+,35-25+,36-34+. The molecule has 222 valence electrons. The van der Waals surface area contributed by atoms with Gasteiger partial charge in [0, 0.05) is 0 Å². The van der Waals surface area contributed by atoms with Crippen LogP contribution in [0, 0.1) is 16.7 Å². The van der Waals surface area contributed by atoms with Gasteiger partial charge in [-0.2, -0.15) is 0 Å². The molecule has 3 aliphatic rings. The van der Waals surface area contributed by atoms with E-state index in [9.17, 15) is 0 Å². The van der Waals surface area contributed by atoms with Crippen LogP contribution in [0.1, 0.15) is 108 Å². The highest BCUT2D eigenvalue weighted by Crippen LogP contribution is 2.52. The lowest BCUT2D eigenvalue weighted by Gasteiger charge is -2.42. The maximum atomic E-state index is 6.48. The van der Waals surface area contributed by atoms with E-state index in [1.807, 2.05) is 0 Å². The fourth-order valence-electron chi connectivity index (χ4n) is 6.69. The Morgan fingerprint density at radius 1 is 0.707 bits per heavy atom. The van der Waals surface area contributed by atoms with Crippen molar-refractivity contribution >= 4 is 0 Å². The molecule has 1 nitrogen and oxygen atoms in total. The van der Waals surface area contributed by atoms with Gasteiger partial charge in [-0.05, 0) is 101 Å². The van der Waals surface area contributed by atoms with Crippen LogP contribution in [-0.4, -0.2) is 5.60 Å². The minimum Gasteiger partial charge on any atom is -0.483 e. The van der Waals surface area contributed by atoms with Crippen molar-refractivity contribution in [2.75, 3.05) is 0 Å². The number of allylic oxidation sites excluding steroid dienone is 18. The SMILES string of the molecule is CC(/C=C/C=C/C(C)=C/C=C/C(C)=C1\C=C2C(C)(C)CCCC2(C)O1)=C\C=C\C(C)=C\C=C1/C(C)CCCC1(C)C. The zero-order chi connectivity index (χ0) is 30.3. The van der Waals surface area contributed by atoms with Gasteiger partial charge in [-0.1, -0.05) is 136 Å². The molecule has 2 unspecified atom stereocenters. The van der Waals surface area contributed by atoms with Gasteiger partial charge in [0.15, 0.2) is 0 Å². The normalized spacial score (nSPS) is 29.6. The van der Waals surface area contributed by atoms with Crippen LogP contribution in [0.4, 0.5) is 0 Å². The second-order valence-corrected chi connectivity index (χ2v) is 14.1. The molecule has 0 aromatic carbocycles. The smallest absolute Gasteiger partial charge is 0.128 e. The third-order valence-corrected chi connectivity index (χ3v) is 9.28. The molecule has 2 aliphatic carbocycles. The molecule has 0 aromatic heterocycles. The number of hydrogen-bond acceptors (Lipinski definition) is 1. The summed E-state index contributed by atoms with van der Waals surface area (Å²) in [5, 5.41) is 0. The lowest BCUT2D eigenvalue weighted by atomic mass is 9.67. The van der Waals surface area contributed by atoms with Crippen LogP contribution in [0.25, 0.3) is 0 Å². The monoisotopic (exact) mass is 552 g/mol. The molecule has 0 bridgehead atoms. The predicted molar refractivity (Wildman–Crippen MR) is 181 cm³/mol. The molecule has 3 rings (SSSR count). The van der Waals surface area contributed by atoms with Crippen molar-refractivity contribution in [2.45, 2.75) is 113 Å². The van der Waals surface area contributed by atoms with Gasteiger partial charge in [-0.15, -0.1) is 0 Å². The first kappa shape index (κ1) is 32.7. The summed E-state index contributed by atoms with van der Waals surface area (Å²) in [6.07, 6.45) is 36.0. The van der Waals surface area contributed by atoms with E-state index in [0.29, 0.717) is 11.3 Å². The van der Waals surface area contributed by atoms with E-state index >= 15 is 0 Å². The zero-order valence-electron chi connectivity index (χ0n) is 27.7. The van der Waals surface area contributed by atoms with Crippen molar-refractivity contribution in [2.24, 2.45) is 16.7 Å². The summed E-state index contributed by atoms with van der Waals surface area (Å²) >= 11 is 0. The van der Waals surface area contributed by atoms with Crippen molar-refractivity contribution in [1.82, 2.24) is 0 Å². The van der Waals surface area contributed by atoms with E-state index in [1.165, 1.54) is 60.0 Å². The van der Waals surface area contributed by atoms with Gasteiger partial charge in [-0.3, -0.25) is 0 Å². The van der Waals surface area contributed by atoms with Crippen molar-refractivity contribution in [1.29, 1.82) is 0 Å². The van der Waals surface area contributed by atoms with E-state index < -0.39 is 0 Å². The largest absolute Gasteiger partial charge is 0.483 e. The first-order valence-electron chi connectivity index (χ1n) is 15.8. The molecule has 2 saturated carbocycles. The Kier molecular flexibility index (Phi) is 11.1. The number of hydrogen-bond donors (Lipinski definition) is 0. The first-order valence-corrected chi connectivity index (χ1v) is 15.8. The van der Waals surface area contributed by atoms with Crippen molar-refractivity contribution in [3.8, 4) is 0 Å². The number of ether oxygens (including phenoxy) is 1. The number of fused-ring (bicyclic) bond motifs is 1. The van der Waals surface area contributed by atoms with Crippen LogP contribution >= 0.6 is 0 Å². The van der Waals surface area contributed by atoms with E-state index in [1.54, 1.807) is 5.57 Å². The second kappa shape index (κ2) is 13.9. The van der Waals surface area contributed by atoms with E-state index in [-0.39, 0.29) is 11.0 Å². The Morgan fingerprint density at radius 3 is 1.88 bits per heavy atom. The minimum absolute atomic E-state index is 0.131. The molecule has 0 spiro atoms. The molecule has 1 aliphatic heterocycles. The average molecular weight is 553 g/mol. The van der Waals surface area contributed by atoms with Gasteiger partial charge in [0.2, 0.25) is 0 Å². The van der Waals surface area contributed by atoms with Crippen LogP contribution in [0.3, 0.4) is 0 Å². The summed E-state index contributed by atoms with van der Waals surface area (Å²) < 4.78 is 6.48. The van der Waals surface area contributed by atoms with Crippen LogP contribution < -0.4 is 0 Å². The van der Waals surface area contributed by atoms with Crippen molar-refractivity contribution in [3.05, 3.63) is 118 Å². The molecule has 0 saturated heterocycles. The molecule has 0 radical (unpaired) electrons. The van der Waals surface area contributed by atoms with Crippen molar-refractivity contribution < 1.29 is 4.74 Å². The summed E-state index contributed by atoms with van der Waals surface area (Å²) in [6.45, 7) is 22.7. The summed E-state index contributed by atoms with van der Waals surface area (Å²) in [4.78, 5) is 0. The molecular formula is C40H56O. The average Bonchev–Trinajstić information content (AvgIpc) is 3.25. The lowest BCUT2D eigenvalue weighted by molar-refractivity contribution is 0.0288. The van der Waals surface area contributed by atoms with Crippen LogP contribution in [0.5, 0.6) is 0 Å². The topological polar surface area (TPSA) is 9.23 Å². The summed E-state index contributed by atoms with van der Waals surface area (Å²) in [5.41, 5.74) is 8.37.